The molecule has 0 atom stereocenters. The van der Waals surface area contributed by atoms with Crippen LogP contribution < -0.4 is 18.9 Å². The average Bonchev–Trinajstić information content (AvgIpc) is 2.93. The maximum atomic E-state index is 13.0. The molecule has 0 heterocycles. The lowest BCUT2D eigenvalue weighted by atomic mass is 10.3. The van der Waals surface area contributed by atoms with Gasteiger partial charge in [0, 0.05) is 9.79 Å². The van der Waals surface area contributed by atoms with Crippen molar-refractivity contribution in [2.75, 3.05) is 23.7 Å². The second-order valence-corrected chi connectivity index (χ2v) is 13.3. The second kappa shape index (κ2) is 12.0. The van der Waals surface area contributed by atoms with Gasteiger partial charge in [0.15, 0.2) is 0 Å². The highest BCUT2D eigenvalue weighted by molar-refractivity contribution is 8.76. The molecule has 0 saturated carbocycles. The number of para-hydroxylation sites is 2. The third-order valence-corrected chi connectivity index (χ3v) is 10.5. The Morgan fingerprint density at radius 2 is 0.868 bits per heavy atom. The molecule has 198 valence electrons. The van der Waals surface area contributed by atoms with Crippen LogP contribution in [0.3, 0.4) is 0 Å². The quantitative estimate of drug-likeness (QED) is 0.202. The molecule has 2 N–H and O–H groups in total. The molecule has 0 spiro atoms. The van der Waals surface area contributed by atoms with E-state index >= 15 is 0 Å². The number of benzene rings is 4. The molecule has 0 fully saturated rings. The topological polar surface area (TPSA) is 111 Å². The predicted octanol–water partition coefficient (Wildman–Crippen LogP) is 6.10. The lowest BCUT2D eigenvalue weighted by Crippen LogP contribution is -2.13. The molecular weight excluding hydrogens is 565 g/mol. The molecule has 0 radical (unpaired) electrons. The summed E-state index contributed by atoms with van der Waals surface area (Å²) in [7, 11) is -2.06. The molecular formula is C26H24N2O6S4. The average molecular weight is 589 g/mol. The van der Waals surface area contributed by atoms with Gasteiger partial charge >= 0.3 is 0 Å². The van der Waals surface area contributed by atoms with Crippen molar-refractivity contribution >= 4 is 53.0 Å². The van der Waals surface area contributed by atoms with E-state index < -0.39 is 20.0 Å². The standard InChI is InChI=1S/C26H24N2O6S4/c1-33-19-11-15-21(16-12-19)37(29,30)27-23-7-3-5-9-25(23)35-36-26-10-6-4-8-24(26)28-38(31,32)22-17-13-20(34-2)14-18-22/h3-18,27-28H,1-2H3. The van der Waals surface area contributed by atoms with Crippen molar-refractivity contribution in [1.29, 1.82) is 0 Å². The Kier molecular flexibility index (Phi) is 8.77. The summed E-state index contributed by atoms with van der Waals surface area (Å²) in [4.78, 5) is 1.51. The molecule has 4 rings (SSSR count). The molecule has 0 amide bonds. The summed E-state index contributed by atoms with van der Waals surface area (Å²) >= 11 is 0. The summed E-state index contributed by atoms with van der Waals surface area (Å²) in [5.74, 6) is 1.11. The van der Waals surface area contributed by atoms with E-state index in [1.165, 1.54) is 60.1 Å². The van der Waals surface area contributed by atoms with Crippen LogP contribution in [0, 0.1) is 0 Å². The summed E-state index contributed by atoms with van der Waals surface area (Å²) in [6.07, 6.45) is 0. The van der Waals surface area contributed by atoms with Gasteiger partial charge in [0.2, 0.25) is 0 Å². The van der Waals surface area contributed by atoms with Crippen molar-refractivity contribution in [3.05, 3.63) is 97.1 Å². The Labute approximate surface area is 230 Å². The van der Waals surface area contributed by atoms with Gasteiger partial charge in [-0.2, -0.15) is 0 Å². The monoisotopic (exact) mass is 588 g/mol. The fourth-order valence-corrected chi connectivity index (χ4v) is 7.82. The number of methoxy groups -OCH3 is 2. The Bertz CT molecular complexity index is 1490. The van der Waals surface area contributed by atoms with E-state index in [0.717, 1.165) is 0 Å². The fraction of sp³-hybridized carbons (Fsp3) is 0.0769. The molecule has 12 heteroatoms. The van der Waals surface area contributed by atoms with E-state index in [2.05, 4.69) is 9.44 Å². The van der Waals surface area contributed by atoms with E-state index in [9.17, 15) is 16.8 Å². The Hall–Kier alpha value is -3.32. The lowest BCUT2D eigenvalue weighted by Gasteiger charge is -2.14. The molecule has 4 aromatic carbocycles. The minimum absolute atomic E-state index is 0.101. The normalized spacial score (nSPS) is 11.5. The van der Waals surface area contributed by atoms with Crippen LogP contribution in [0.2, 0.25) is 0 Å². The molecule has 38 heavy (non-hydrogen) atoms. The van der Waals surface area contributed by atoms with Crippen LogP contribution in [0.25, 0.3) is 0 Å². The minimum Gasteiger partial charge on any atom is -0.497 e. The van der Waals surface area contributed by atoms with E-state index in [0.29, 0.717) is 32.7 Å². The SMILES string of the molecule is COc1ccc(S(=O)(=O)Nc2ccccc2SSc2ccccc2NS(=O)(=O)c2ccc(OC)cc2)cc1. The number of sulfonamides is 2. The number of anilines is 2. The van der Waals surface area contributed by atoms with Crippen molar-refractivity contribution < 1.29 is 26.3 Å². The van der Waals surface area contributed by atoms with Gasteiger partial charge in [-0.05, 0) is 72.8 Å². The Balaban J connectivity index is 1.51. The summed E-state index contributed by atoms with van der Waals surface area (Å²) in [5, 5.41) is 0. The van der Waals surface area contributed by atoms with Gasteiger partial charge in [-0.1, -0.05) is 45.9 Å². The van der Waals surface area contributed by atoms with Crippen LogP contribution in [-0.4, -0.2) is 31.1 Å². The van der Waals surface area contributed by atoms with Crippen molar-refractivity contribution in [3.8, 4) is 11.5 Å². The van der Waals surface area contributed by atoms with E-state index in [1.807, 2.05) is 0 Å². The molecule has 0 bridgehead atoms. The third kappa shape index (κ3) is 6.76. The number of ether oxygens (including phenoxy) is 2. The maximum Gasteiger partial charge on any atom is 0.261 e. The van der Waals surface area contributed by atoms with E-state index in [-0.39, 0.29) is 9.79 Å². The molecule has 0 aliphatic carbocycles. The van der Waals surface area contributed by atoms with Crippen LogP contribution in [0.5, 0.6) is 11.5 Å². The van der Waals surface area contributed by atoms with Crippen molar-refractivity contribution in [2.24, 2.45) is 0 Å². The smallest absolute Gasteiger partial charge is 0.261 e. The van der Waals surface area contributed by atoms with Crippen LogP contribution in [0.4, 0.5) is 11.4 Å². The van der Waals surface area contributed by atoms with Gasteiger partial charge in [0.1, 0.15) is 11.5 Å². The van der Waals surface area contributed by atoms with Crippen molar-refractivity contribution in [1.82, 2.24) is 0 Å². The summed E-state index contributed by atoms with van der Waals surface area (Å²) in [5.41, 5.74) is 0.800. The zero-order valence-electron chi connectivity index (χ0n) is 20.3. The summed E-state index contributed by atoms with van der Waals surface area (Å²) in [6.45, 7) is 0. The van der Waals surface area contributed by atoms with Gasteiger partial charge in [-0.25, -0.2) is 16.8 Å². The third-order valence-electron chi connectivity index (χ3n) is 5.22. The Morgan fingerprint density at radius 3 is 1.21 bits per heavy atom. The highest BCUT2D eigenvalue weighted by Gasteiger charge is 2.19. The zero-order valence-corrected chi connectivity index (χ0v) is 23.6. The molecule has 0 aromatic heterocycles. The maximum absolute atomic E-state index is 13.0. The van der Waals surface area contributed by atoms with E-state index in [4.69, 9.17) is 9.47 Å². The van der Waals surface area contributed by atoms with Crippen LogP contribution in [-0.2, 0) is 20.0 Å². The second-order valence-electron chi connectivity index (χ2n) is 7.72. The first kappa shape index (κ1) is 27.7. The molecule has 0 aliphatic heterocycles. The number of nitrogens with one attached hydrogen (secondary N) is 2. The number of hydrogen-bond acceptors (Lipinski definition) is 8. The summed E-state index contributed by atoms with van der Waals surface area (Å²) < 4.78 is 67.3. The molecule has 0 aliphatic rings. The highest BCUT2D eigenvalue weighted by atomic mass is 33.1. The molecule has 8 nitrogen and oxygen atoms in total. The van der Waals surface area contributed by atoms with Crippen molar-refractivity contribution in [2.45, 2.75) is 19.6 Å². The first-order chi connectivity index (χ1) is 18.2. The Morgan fingerprint density at radius 1 is 0.526 bits per heavy atom. The van der Waals surface area contributed by atoms with Crippen molar-refractivity contribution in [3.63, 3.8) is 0 Å². The predicted molar refractivity (Wildman–Crippen MR) is 152 cm³/mol. The molecule has 0 saturated heterocycles. The molecule has 0 unspecified atom stereocenters. The van der Waals surface area contributed by atoms with Crippen LogP contribution >= 0.6 is 21.6 Å². The summed E-state index contributed by atoms with van der Waals surface area (Å²) in [6, 6.07) is 26.2. The molecule has 4 aromatic rings. The minimum atomic E-state index is -3.84. The van der Waals surface area contributed by atoms with Gasteiger partial charge in [0.05, 0.1) is 35.4 Å². The van der Waals surface area contributed by atoms with Crippen LogP contribution in [0.1, 0.15) is 0 Å². The van der Waals surface area contributed by atoms with Gasteiger partial charge in [0.25, 0.3) is 20.0 Å². The zero-order chi connectivity index (χ0) is 27.2. The first-order valence-corrected chi connectivity index (χ1v) is 16.2. The van der Waals surface area contributed by atoms with Gasteiger partial charge in [-0.3, -0.25) is 9.44 Å². The number of hydrogen-bond donors (Lipinski definition) is 2. The lowest BCUT2D eigenvalue weighted by molar-refractivity contribution is 0.414. The van der Waals surface area contributed by atoms with Gasteiger partial charge < -0.3 is 9.47 Å². The fourth-order valence-electron chi connectivity index (χ4n) is 3.25. The highest BCUT2D eigenvalue weighted by Crippen LogP contribution is 2.44. The first-order valence-electron chi connectivity index (χ1n) is 11.1. The van der Waals surface area contributed by atoms with Gasteiger partial charge in [-0.15, -0.1) is 0 Å². The number of rotatable bonds is 11. The van der Waals surface area contributed by atoms with Crippen LogP contribution in [0.15, 0.2) is 117 Å². The largest absolute Gasteiger partial charge is 0.497 e. The van der Waals surface area contributed by atoms with E-state index in [1.54, 1.807) is 72.8 Å².